The number of hydrogen-bond donors (Lipinski definition) is 1. The highest BCUT2D eigenvalue weighted by Gasteiger charge is 2.41. The summed E-state index contributed by atoms with van der Waals surface area (Å²) in [5.74, 6) is -5.82. The van der Waals surface area contributed by atoms with E-state index in [1.165, 1.54) is 54.2 Å². The van der Waals surface area contributed by atoms with Crippen LogP contribution in [0.5, 0.6) is 0 Å². The van der Waals surface area contributed by atoms with Crippen molar-refractivity contribution in [1.82, 2.24) is 24.4 Å². The molecule has 15 heteroatoms. The number of fused-ring (bicyclic) bond motifs is 2. The lowest BCUT2D eigenvalue weighted by Gasteiger charge is -2.40. The molecule has 2 atom stereocenters. The molecule has 1 aliphatic heterocycles. The molecule has 288 valence electrons. The highest BCUT2D eigenvalue weighted by molar-refractivity contribution is 5.99. The lowest BCUT2D eigenvalue weighted by atomic mass is 9.99. The van der Waals surface area contributed by atoms with E-state index in [0.29, 0.717) is 16.5 Å². The van der Waals surface area contributed by atoms with Gasteiger partial charge in [-0.1, -0.05) is 39.8 Å². The third-order valence-corrected chi connectivity index (χ3v) is 8.91. The minimum Gasteiger partial charge on any atom is -0.467 e. The zero-order valence-electron chi connectivity index (χ0n) is 31.6. The summed E-state index contributed by atoms with van der Waals surface area (Å²) in [6, 6.07) is 7.86. The number of aromatic nitrogens is 4. The number of benzene rings is 2. The Labute approximate surface area is 310 Å². The number of amides is 1. The molecule has 12 nitrogen and oxygen atoms in total. The number of ether oxygens (including phenoxy) is 2. The molecule has 0 unspecified atom stereocenters. The van der Waals surface area contributed by atoms with Gasteiger partial charge in [-0.05, 0) is 48.4 Å². The molecule has 1 fully saturated rings. The number of alkyl halides is 2. The van der Waals surface area contributed by atoms with Gasteiger partial charge < -0.3 is 19.7 Å². The fourth-order valence-electron chi connectivity index (χ4n) is 6.39. The number of carbonyl (C=O) groups is 2. The Hall–Kier alpha value is -5.57. The first kappa shape index (κ1) is 41.2. The van der Waals surface area contributed by atoms with E-state index in [1.807, 2.05) is 27.7 Å². The van der Waals surface area contributed by atoms with Crippen molar-refractivity contribution in [1.29, 1.82) is 0 Å². The van der Waals surface area contributed by atoms with Crippen LogP contribution < -0.4 is 21.5 Å². The molecule has 1 N–H and O–H groups in total. The SMILES string of the molecule is CC.CC.COC(=O)[C@H](Cc1ccc(-n2c(=O)c3cnccc3n(C)c2=O)c2ncccc12)NC(=O)c1c(C)cc(N2CCOC[C@@H]2C(C)(F)F)cc1F. The standard InChI is InChI=1S/C35H33F3N6O6.2C2H6/c1-19-14-21(43-12-13-50-18-28(43)35(2,37)38)16-24(36)29(19)31(45)41-25(33(47)49-4)15-20-7-8-27(30-22(20)6-5-10-40-30)44-32(46)23-17-39-11-9-26(23)42(3)34(44)48;2*1-2/h5-11,14,16-17,25,28H,12-13,15,18H2,1-4H3,(H,41,45);2*1-2H3/t25-,28+;;/m0../s1. The lowest BCUT2D eigenvalue weighted by Crippen LogP contribution is -2.54. The average molecular weight is 751 g/mol. The molecule has 0 spiro atoms. The quantitative estimate of drug-likeness (QED) is 0.204. The molecule has 54 heavy (non-hydrogen) atoms. The Morgan fingerprint density at radius 1 is 1.07 bits per heavy atom. The van der Waals surface area contributed by atoms with Crippen LogP contribution in [0.3, 0.4) is 0 Å². The van der Waals surface area contributed by atoms with Crippen LogP contribution in [0.4, 0.5) is 18.9 Å². The molecule has 6 rings (SSSR count). The number of esters is 1. The van der Waals surface area contributed by atoms with Crippen molar-refractivity contribution in [2.75, 3.05) is 31.8 Å². The number of nitrogens with one attached hydrogen (secondary N) is 1. The summed E-state index contributed by atoms with van der Waals surface area (Å²) in [7, 11) is 2.68. The van der Waals surface area contributed by atoms with Gasteiger partial charge in [0.15, 0.2) is 0 Å². The highest BCUT2D eigenvalue weighted by Crippen LogP contribution is 2.32. The summed E-state index contributed by atoms with van der Waals surface area (Å²) >= 11 is 0. The molecule has 0 saturated carbocycles. The first-order valence-electron chi connectivity index (χ1n) is 17.7. The van der Waals surface area contributed by atoms with E-state index >= 15 is 4.39 Å². The van der Waals surface area contributed by atoms with E-state index in [2.05, 4.69) is 15.3 Å². The monoisotopic (exact) mass is 750 g/mol. The van der Waals surface area contributed by atoms with Crippen LogP contribution in [-0.2, 0) is 27.7 Å². The summed E-state index contributed by atoms with van der Waals surface area (Å²) in [5.41, 5.74) is 0.166. The fraction of sp³-hybridized carbons (Fsp3) is 0.385. The van der Waals surface area contributed by atoms with Gasteiger partial charge in [-0.2, -0.15) is 0 Å². The second kappa shape index (κ2) is 17.5. The van der Waals surface area contributed by atoms with Gasteiger partial charge in [-0.15, -0.1) is 0 Å². The van der Waals surface area contributed by atoms with Gasteiger partial charge in [0, 0.05) is 56.6 Å². The zero-order chi connectivity index (χ0) is 39.9. The number of halogens is 3. The number of nitrogens with zero attached hydrogens (tertiary/aromatic N) is 5. The van der Waals surface area contributed by atoms with Gasteiger partial charge in [0.05, 0.1) is 48.0 Å². The van der Waals surface area contributed by atoms with Gasteiger partial charge in [-0.25, -0.2) is 27.3 Å². The molecule has 1 amide bonds. The smallest absolute Gasteiger partial charge is 0.335 e. The zero-order valence-corrected chi connectivity index (χ0v) is 31.6. The minimum atomic E-state index is -3.13. The number of anilines is 1. The summed E-state index contributed by atoms with van der Waals surface area (Å²) in [4.78, 5) is 63.3. The topological polar surface area (TPSA) is 138 Å². The molecular formula is C39H45F3N6O6. The number of carbonyl (C=O) groups excluding carboxylic acids is 2. The van der Waals surface area contributed by atoms with E-state index in [0.717, 1.165) is 24.7 Å². The molecule has 0 aliphatic carbocycles. The molecule has 1 aliphatic rings. The predicted molar refractivity (Wildman–Crippen MR) is 201 cm³/mol. The van der Waals surface area contributed by atoms with Crippen LogP contribution >= 0.6 is 0 Å². The molecule has 1 saturated heterocycles. The largest absolute Gasteiger partial charge is 0.467 e. The second-order valence-corrected chi connectivity index (χ2v) is 12.1. The number of hydrogen-bond acceptors (Lipinski definition) is 9. The summed E-state index contributed by atoms with van der Waals surface area (Å²) in [6.07, 6.45) is 4.22. The van der Waals surface area contributed by atoms with Crippen LogP contribution in [0, 0.1) is 12.7 Å². The Morgan fingerprint density at radius 2 is 1.80 bits per heavy atom. The number of methoxy groups -OCH3 is 1. The summed E-state index contributed by atoms with van der Waals surface area (Å²) < 4.78 is 56.8. The average Bonchev–Trinajstić information content (AvgIpc) is 3.18. The molecule has 3 aromatic heterocycles. The number of morpholine rings is 1. The first-order valence-corrected chi connectivity index (χ1v) is 17.7. The lowest BCUT2D eigenvalue weighted by molar-refractivity contribution is -0.142. The van der Waals surface area contributed by atoms with E-state index < -0.39 is 46.9 Å². The minimum absolute atomic E-state index is 0.103. The van der Waals surface area contributed by atoms with E-state index in [1.54, 1.807) is 24.3 Å². The van der Waals surface area contributed by atoms with Crippen LogP contribution in [-0.4, -0.2) is 75.9 Å². The van der Waals surface area contributed by atoms with Gasteiger partial charge in [-0.3, -0.25) is 24.1 Å². The van der Waals surface area contributed by atoms with Gasteiger partial charge in [0.2, 0.25) is 0 Å². The Bertz CT molecular complexity index is 2250. The van der Waals surface area contributed by atoms with Crippen LogP contribution in [0.25, 0.3) is 27.5 Å². The third-order valence-electron chi connectivity index (χ3n) is 8.91. The van der Waals surface area contributed by atoms with E-state index in [-0.39, 0.29) is 59.6 Å². The third kappa shape index (κ3) is 8.15. The van der Waals surface area contributed by atoms with Crippen LogP contribution in [0.2, 0.25) is 0 Å². The Balaban J connectivity index is 0.00000157. The van der Waals surface area contributed by atoms with Crippen molar-refractivity contribution in [3.05, 3.63) is 104 Å². The van der Waals surface area contributed by atoms with Gasteiger partial charge in [0.1, 0.15) is 17.9 Å². The van der Waals surface area contributed by atoms with Gasteiger partial charge in [0.25, 0.3) is 17.4 Å². The van der Waals surface area contributed by atoms with Crippen LogP contribution in [0.15, 0.2) is 70.6 Å². The van der Waals surface area contributed by atoms with E-state index in [4.69, 9.17) is 9.47 Å². The highest BCUT2D eigenvalue weighted by atomic mass is 19.3. The predicted octanol–water partition coefficient (Wildman–Crippen LogP) is 5.51. The van der Waals surface area contributed by atoms with Crippen molar-refractivity contribution < 1.29 is 32.2 Å². The second-order valence-electron chi connectivity index (χ2n) is 12.1. The maximum Gasteiger partial charge on any atom is 0.335 e. The summed E-state index contributed by atoms with van der Waals surface area (Å²) in [5, 5.41) is 3.26. The van der Waals surface area contributed by atoms with Gasteiger partial charge >= 0.3 is 11.7 Å². The van der Waals surface area contributed by atoms with Crippen molar-refractivity contribution in [3.63, 3.8) is 0 Å². The molecule has 5 aromatic rings. The van der Waals surface area contributed by atoms with Crippen molar-refractivity contribution >= 4 is 39.4 Å². The maximum absolute atomic E-state index is 15.6. The van der Waals surface area contributed by atoms with Crippen molar-refractivity contribution in [2.24, 2.45) is 7.05 Å². The Morgan fingerprint density at radius 3 is 2.46 bits per heavy atom. The molecule has 0 radical (unpaired) electrons. The van der Waals surface area contributed by atoms with E-state index in [9.17, 15) is 28.0 Å². The fourth-order valence-corrected chi connectivity index (χ4v) is 6.39. The molecular weight excluding hydrogens is 705 g/mol. The maximum atomic E-state index is 15.6. The number of pyridine rings is 2. The van der Waals surface area contributed by atoms with Crippen LogP contribution in [0.1, 0.15) is 56.1 Å². The molecule has 2 aromatic carbocycles. The normalized spacial score (nSPS) is 14.7. The Kier molecular flexibility index (Phi) is 13.4. The van der Waals surface area contributed by atoms with Crippen molar-refractivity contribution in [2.45, 2.75) is 66.0 Å². The van der Waals surface area contributed by atoms with Crippen molar-refractivity contribution in [3.8, 4) is 5.69 Å². The summed E-state index contributed by atoms with van der Waals surface area (Å²) in [6.45, 7) is 10.3. The molecule has 4 heterocycles. The number of rotatable bonds is 8. The number of aryl methyl sites for hydroxylation is 2. The molecule has 0 bridgehead atoms. The first-order chi connectivity index (χ1) is 25.8.